The Labute approximate surface area is 90.9 Å². The molecule has 2 N–H and O–H groups in total. The Morgan fingerprint density at radius 1 is 1.60 bits per heavy atom. The fraction of sp³-hybridized carbons (Fsp3) is 0.909. The average Bonchev–Trinajstić information content (AvgIpc) is 2.09. The summed E-state index contributed by atoms with van der Waals surface area (Å²) >= 11 is 0. The maximum Gasteiger partial charge on any atom is 0.306 e. The molecule has 0 aromatic heterocycles. The lowest BCUT2D eigenvalue weighted by Gasteiger charge is -2.44. The minimum atomic E-state index is -0.720. The van der Waals surface area contributed by atoms with Gasteiger partial charge in [-0.15, -0.1) is 0 Å². The Morgan fingerprint density at radius 2 is 2.13 bits per heavy atom. The number of aliphatic hydroxyl groups is 1. The van der Waals surface area contributed by atoms with Crippen molar-refractivity contribution in [3.8, 4) is 0 Å². The van der Waals surface area contributed by atoms with Crippen LogP contribution in [0, 0.1) is 11.8 Å². The lowest BCUT2D eigenvalue weighted by atomic mass is 9.86. The van der Waals surface area contributed by atoms with Gasteiger partial charge in [0.15, 0.2) is 0 Å². The van der Waals surface area contributed by atoms with Crippen molar-refractivity contribution in [1.82, 2.24) is 4.90 Å². The molecule has 0 radical (unpaired) electrons. The Hall–Kier alpha value is -0.610. The molecule has 88 valence electrons. The Kier molecular flexibility index (Phi) is 3.73. The highest BCUT2D eigenvalue weighted by Gasteiger charge is 2.36. The zero-order valence-electron chi connectivity index (χ0n) is 9.73. The second kappa shape index (κ2) is 4.49. The van der Waals surface area contributed by atoms with E-state index in [0.29, 0.717) is 6.54 Å². The van der Waals surface area contributed by atoms with Gasteiger partial charge in [0, 0.05) is 19.6 Å². The second-order valence-corrected chi connectivity index (χ2v) is 4.93. The van der Waals surface area contributed by atoms with E-state index in [1.165, 1.54) is 0 Å². The molecule has 1 saturated heterocycles. The van der Waals surface area contributed by atoms with E-state index in [1.54, 1.807) is 6.92 Å². The third-order valence-corrected chi connectivity index (χ3v) is 3.41. The molecule has 1 aliphatic rings. The molecule has 4 nitrogen and oxygen atoms in total. The first kappa shape index (κ1) is 12.5. The number of hydrogen-bond acceptors (Lipinski definition) is 3. The number of likely N-dealkylation sites (tertiary alicyclic amines) is 1. The fourth-order valence-corrected chi connectivity index (χ4v) is 1.85. The van der Waals surface area contributed by atoms with Crippen LogP contribution in [0.25, 0.3) is 0 Å². The molecule has 0 spiro atoms. The van der Waals surface area contributed by atoms with Gasteiger partial charge in [-0.2, -0.15) is 0 Å². The number of carboxylic acids is 1. The van der Waals surface area contributed by atoms with Gasteiger partial charge < -0.3 is 10.2 Å². The van der Waals surface area contributed by atoms with E-state index in [-0.39, 0.29) is 11.8 Å². The van der Waals surface area contributed by atoms with Crippen molar-refractivity contribution in [3.63, 3.8) is 0 Å². The first-order valence-electron chi connectivity index (χ1n) is 5.53. The van der Waals surface area contributed by atoms with E-state index in [9.17, 15) is 9.90 Å². The minimum absolute atomic E-state index is 0.246. The molecule has 1 heterocycles. The molecule has 0 aromatic carbocycles. The Balaban J connectivity index is 2.29. The van der Waals surface area contributed by atoms with Crippen LogP contribution in [0.3, 0.4) is 0 Å². The summed E-state index contributed by atoms with van der Waals surface area (Å²) in [6.07, 6.45) is 0.725. The fourth-order valence-electron chi connectivity index (χ4n) is 1.85. The summed E-state index contributed by atoms with van der Waals surface area (Å²) in [5.41, 5.74) is -0.641. The van der Waals surface area contributed by atoms with Crippen LogP contribution < -0.4 is 0 Å². The molecule has 4 heteroatoms. The maximum atomic E-state index is 10.7. The van der Waals surface area contributed by atoms with Gasteiger partial charge >= 0.3 is 5.97 Å². The van der Waals surface area contributed by atoms with Gasteiger partial charge in [-0.25, -0.2) is 0 Å². The summed E-state index contributed by atoms with van der Waals surface area (Å²) in [4.78, 5) is 12.8. The van der Waals surface area contributed by atoms with Crippen molar-refractivity contribution in [2.24, 2.45) is 11.8 Å². The van der Waals surface area contributed by atoms with Crippen LogP contribution in [0.2, 0.25) is 0 Å². The molecule has 1 aliphatic heterocycles. The van der Waals surface area contributed by atoms with E-state index in [1.807, 2.05) is 13.8 Å². The van der Waals surface area contributed by atoms with Crippen LogP contribution >= 0.6 is 0 Å². The maximum absolute atomic E-state index is 10.7. The topological polar surface area (TPSA) is 60.8 Å². The normalized spacial score (nSPS) is 24.3. The molecule has 0 amide bonds. The first-order chi connectivity index (χ1) is 6.85. The van der Waals surface area contributed by atoms with Crippen molar-refractivity contribution >= 4 is 5.97 Å². The van der Waals surface area contributed by atoms with Gasteiger partial charge in [-0.05, 0) is 19.3 Å². The quantitative estimate of drug-likeness (QED) is 0.712. The third-order valence-electron chi connectivity index (χ3n) is 3.41. The number of β-amino-alcohol motifs (C(OH)–C–C–N with tert-alkyl or cyclic N) is 1. The highest BCUT2D eigenvalue weighted by molar-refractivity contribution is 5.70. The summed E-state index contributed by atoms with van der Waals surface area (Å²) in [7, 11) is 0. The molecule has 1 rings (SSSR count). The van der Waals surface area contributed by atoms with Crippen LogP contribution in [0.1, 0.15) is 27.2 Å². The summed E-state index contributed by atoms with van der Waals surface area (Å²) in [5.74, 6) is -0.745. The SMILES string of the molecule is CCC(C)(O)CN1CC(C(C)C(=O)O)C1. The van der Waals surface area contributed by atoms with E-state index >= 15 is 0 Å². The summed E-state index contributed by atoms with van der Waals surface area (Å²) < 4.78 is 0. The van der Waals surface area contributed by atoms with Crippen molar-refractivity contribution in [1.29, 1.82) is 0 Å². The van der Waals surface area contributed by atoms with E-state index in [2.05, 4.69) is 4.90 Å². The molecule has 1 fully saturated rings. The second-order valence-electron chi connectivity index (χ2n) is 4.93. The summed E-state index contributed by atoms with van der Waals surface area (Å²) in [5, 5.41) is 18.6. The molecular formula is C11H21NO3. The lowest BCUT2D eigenvalue weighted by Crippen LogP contribution is -2.55. The van der Waals surface area contributed by atoms with Crippen molar-refractivity contribution < 1.29 is 15.0 Å². The number of aliphatic carboxylic acids is 1. The van der Waals surface area contributed by atoms with Gasteiger partial charge in [0.05, 0.1) is 11.5 Å². The predicted octanol–water partition coefficient (Wildman–Crippen LogP) is 0.800. The molecule has 0 aliphatic carbocycles. The van der Waals surface area contributed by atoms with Gasteiger partial charge in [0.1, 0.15) is 0 Å². The molecule has 2 unspecified atom stereocenters. The molecule has 0 bridgehead atoms. The van der Waals surface area contributed by atoms with Crippen LogP contribution in [-0.2, 0) is 4.79 Å². The smallest absolute Gasteiger partial charge is 0.306 e. The van der Waals surface area contributed by atoms with E-state index in [0.717, 1.165) is 19.5 Å². The van der Waals surface area contributed by atoms with Crippen LogP contribution in [0.4, 0.5) is 0 Å². The van der Waals surface area contributed by atoms with Crippen molar-refractivity contribution in [2.75, 3.05) is 19.6 Å². The largest absolute Gasteiger partial charge is 0.481 e. The first-order valence-corrected chi connectivity index (χ1v) is 5.53. The molecular weight excluding hydrogens is 194 g/mol. The number of nitrogens with zero attached hydrogens (tertiary/aromatic N) is 1. The monoisotopic (exact) mass is 215 g/mol. The Bertz CT molecular complexity index is 234. The van der Waals surface area contributed by atoms with Crippen molar-refractivity contribution in [2.45, 2.75) is 32.8 Å². The van der Waals surface area contributed by atoms with E-state index in [4.69, 9.17) is 5.11 Å². The molecule has 15 heavy (non-hydrogen) atoms. The zero-order chi connectivity index (χ0) is 11.6. The standard InChI is InChI=1S/C11H21NO3/c1-4-11(3,15)7-12-5-9(6-12)8(2)10(13)14/h8-9,15H,4-7H2,1-3H3,(H,13,14). The molecule has 0 aromatic rings. The summed E-state index contributed by atoms with van der Waals surface area (Å²) in [6, 6.07) is 0. The summed E-state index contributed by atoms with van der Waals surface area (Å²) in [6.45, 7) is 7.76. The average molecular weight is 215 g/mol. The van der Waals surface area contributed by atoms with Crippen molar-refractivity contribution in [3.05, 3.63) is 0 Å². The molecule has 0 saturated carbocycles. The van der Waals surface area contributed by atoms with Crippen LogP contribution in [-0.4, -0.2) is 46.3 Å². The highest BCUT2D eigenvalue weighted by atomic mass is 16.4. The zero-order valence-corrected chi connectivity index (χ0v) is 9.73. The van der Waals surface area contributed by atoms with Gasteiger partial charge in [0.25, 0.3) is 0 Å². The molecule has 2 atom stereocenters. The van der Waals surface area contributed by atoms with Gasteiger partial charge in [-0.3, -0.25) is 9.69 Å². The van der Waals surface area contributed by atoms with Crippen LogP contribution in [0.15, 0.2) is 0 Å². The van der Waals surface area contributed by atoms with E-state index < -0.39 is 11.6 Å². The predicted molar refractivity (Wildman–Crippen MR) is 57.6 cm³/mol. The van der Waals surface area contributed by atoms with Gasteiger partial charge in [-0.1, -0.05) is 13.8 Å². The minimum Gasteiger partial charge on any atom is -0.481 e. The number of hydrogen-bond donors (Lipinski definition) is 2. The lowest BCUT2D eigenvalue weighted by molar-refractivity contribution is -0.146. The number of carbonyl (C=O) groups is 1. The highest BCUT2D eigenvalue weighted by Crippen LogP contribution is 2.26. The number of rotatable bonds is 5. The van der Waals surface area contributed by atoms with Gasteiger partial charge in [0.2, 0.25) is 0 Å². The Morgan fingerprint density at radius 3 is 2.53 bits per heavy atom. The van der Waals surface area contributed by atoms with Crippen LogP contribution in [0.5, 0.6) is 0 Å². The third kappa shape index (κ3) is 3.18. The number of carboxylic acid groups (broad SMARTS) is 1.